The van der Waals surface area contributed by atoms with Crippen LogP contribution in [-0.2, 0) is 0 Å². The quantitative estimate of drug-likeness (QED) is 0.282. The number of carbonyl (C=O) groups excluding carboxylic acids is 1. The molecule has 1 fully saturated rings. The highest BCUT2D eigenvalue weighted by atomic mass is 19.1. The minimum absolute atomic E-state index is 0.149. The fraction of sp³-hybridized carbons (Fsp3) is 0.250. The third kappa shape index (κ3) is 8.68. The van der Waals surface area contributed by atoms with Gasteiger partial charge in [0.05, 0.1) is 17.5 Å². The van der Waals surface area contributed by atoms with E-state index in [1.165, 1.54) is 18.6 Å². The molecule has 1 aliphatic heterocycles. The Morgan fingerprint density at radius 2 is 1.68 bits per heavy atom. The van der Waals surface area contributed by atoms with Crippen LogP contribution in [-0.4, -0.2) is 52.0 Å². The smallest absolute Gasteiger partial charge is 0.258 e. The Labute approximate surface area is 239 Å². The van der Waals surface area contributed by atoms with E-state index in [0.29, 0.717) is 12.3 Å². The number of pyridine rings is 1. The van der Waals surface area contributed by atoms with E-state index in [0.717, 1.165) is 41.4 Å². The van der Waals surface area contributed by atoms with Crippen LogP contribution in [0, 0.1) is 12.7 Å². The second-order valence-corrected chi connectivity index (χ2v) is 9.03. The van der Waals surface area contributed by atoms with Gasteiger partial charge in [-0.1, -0.05) is 62.4 Å². The van der Waals surface area contributed by atoms with Crippen LogP contribution in [0.4, 0.5) is 10.2 Å². The van der Waals surface area contributed by atoms with Crippen LogP contribution in [0.1, 0.15) is 36.3 Å². The van der Waals surface area contributed by atoms with E-state index in [1.54, 1.807) is 30.5 Å². The number of hydrogen-bond acceptors (Lipinski definition) is 6. The monoisotopic (exact) mass is 556 g/mol. The number of nitrogens with zero attached hydrogens (tertiary/aromatic N) is 4. The zero-order valence-corrected chi connectivity index (χ0v) is 23.9. The summed E-state index contributed by atoms with van der Waals surface area (Å²) in [5.41, 5.74) is 3.58. The number of carbonyl (C=O) groups is 1. The lowest BCUT2D eigenvalue weighted by Gasteiger charge is -2.17. The van der Waals surface area contributed by atoms with E-state index >= 15 is 0 Å². The number of aldehydes is 1. The number of fused-ring (bicyclic) bond motifs is 1. The number of benzene rings is 2. The summed E-state index contributed by atoms with van der Waals surface area (Å²) < 4.78 is 13.8. The first-order chi connectivity index (χ1) is 20.0. The van der Waals surface area contributed by atoms with E-state index in [2.05, 4.69) is 31.3 Å². The molecular formula is C32H37FN6O2. The summed E-state index contributed by atoms with van der Waals surface area (Å²) in [7, 11) is 2.02. The zero-order chi connectivity index (χ0) is 29.6. The molecule has 41 heavy (non-hydrogen) atoms. The molecule has 4 heterocycles. The molecule has 0 saturated carbocycles. The average molecular weight is 557 g/mol. The van der Waals surface area contributed by atoms with Crippen molar-refractivity contribution in [3.63, 3.8) is 0 Å². The molecule has 0 bridgehead atoms. The highest BCUT2D eigenvalue weighted by Crippen LogP contribution is 2.19. The first-order valence-electron chi connectivity index (χ1n) is 13.7. The number of likely N-dealkylation sites (N-methyl/N-ethyl adjacent to an activating group) is 1. The summed E-state index contributed by atoms with van der Waals surface area (Å²) in [6, 6.07) is 23.7. The maximum atomic E-state index is 11.9. The number of aromatic amines is 1. The largest absolute Gasteiger partial charge is 0.354 e. The lowest BCUT2D eigenvalue weighted by Crippen LogP contribution is -2.30. The Kier molecular flexibility index (Phi) is 11.9. The van der Waals surface area contributed by atoms with E-state index in [4.69, 9.17) is 0 Å². The van der Waals surface area contributed by atoms with Crippen molar-refractivity contribution in [2.75, 3.05) is 25.0 Å². The Hall–Kier alpha value is -4.63. The third-order valence-electron chi connectivity index (χ3n) is 6.34. The maximum absolute atomic E-state index is 11.9. The van der Waals surface area contributed by atoms with Crippen molar-refractivity contribution in [3.05, 3.63) is 119 Å². The van der Waals surface area contributed by atoms with Gasteiger partial charge in [0.2, 0.25) is 0 Å². The fourth-order valence-corrected chi connectivity index (χ4v) is 4.15. The number of rotatable bonds is 4. The Bertz CT molecular complexity index is 1550. The number of aryl methyl sites for hydroxylation is 1. The predicted molar refractivity (Wildman–Crippen MR) is 163 cm³/mol. The van der Waals surface area contributed by atoms with Crippen LogP contribution in [0.25, 0.3) is 16.8 Å². The molecule has 2 aromatic carbocycles. The molecule has 8 nitrogen and oxygen atoms in total. The molecule has 0 amide bonds. The van der Waals surface area contributed by atoms with Crippen molar-refractivity contribution in [1.82, 2.24) is 24.9 Å². The van der Waals surface area contributed by atoms with Crippen LogP contribution in [0.2, 0.25) is 0 Å². The number of hydrogen-bond donors (Lipinski definition) is 2. The second-order valence-electron chi connectivity index (χ2n) is 9.03. The van der Waals surface area contributed by atoms with Gasteiger partial charge in [0, 0.05) is 25.3 Å². The highest BCUT2D eigenvalue weighted by molar-refractivity contribution is 5.77. The lowest BCUT2D eigenvalue weighted by atomic mass is 10.1. The van der Waals surface area contributed by atoms with Gasteiger partial charge < -0.3 is 15.2 Å². The minimum Gasteiger partial charge on any atom is -0.354 e. The zero-order valence-electron chi connectivity index (χ0n) is 23.9. The van der Waals surface area contributed by atoms with Crippen molar-refractivity contribution in [3.8, 4) is 11.1 Å². The van der Waals surface area contributed by atoms with Gasteiger partial charge in [-0.05, 0) is 61.9 Å². The van der Waals surface area contributed by atoms with Crippen molar-refractivity contribution in [2.24, 2.45) is 0 Å². The van der Waals surface area contributed by atoms with Crippen molar-refractivity contribution in [1.29, 1.82) is 0 Å². The molecule has 9 heteroatoms. The van der Waals surface area contributed by atoms with Gasteiger partial charge in [-0.3, -0.25) is 9.59 Å². The van der Waals surface area contributed by atoms with Gasteiger partial charge in [-0.2, -0.15) is 0 Å². The predicted octanol–water partition coefficient (Wildman–Crippen LogP) is 5.54. The van der Waals surface area contributed by atoms with Crippen molar-refractivity contribution < 1.29 is 9.18 Å². The minimum atomic E-state index is -0.357. The molecule has 0 unspecified atom stereocenters. The summed E-state index contributed by atoms with van der Waals surface area (Å²) in [4.78, 5) is 30.9. The standard InChI is InChI=1S/C12H17N5.C12H9NO2.C6H5F.C2H6/c1-9-7-14-11-3-4-12(15-17(9)11)16-6-5-10(8-16)13-2;14-8-11-6-10(7-13-12(11)15)9-4-2-1-3-5-9;7-6-4-2-1-3-5-6;1-2/h3-4,7,10,13H,5-6,8H2,1-2H3;1-8H,(H,13,15);1-5H;1-2H3/t10-;;;/m0.../s1. The van der Waals surface area contributed by atoms with E-state index in [1.807, 2.05) is 74.9 Å². The van der Waals surface area contributed by atoms with Crippen LogP contribution < -0.4 is 15.8 Å². The third-order valence-corrected chi connectivity index (χ3v) is 6.34. The van der Waals surface area contributed by atoms with E-state index in [9.17, 15) is 14.0 Å². The summed E-state index contributed by atoms with van der Waals surface area (Å²) in [6.07, 6.45) is 5.20. The van der Waals surface area contributed by atoms with Gasteiger partial charge in [0.15, 0.2) is 11.9 Å². The number of H-pyrrole nitrogens is 1. The normalized spacial score (nSPS) is 13.7. The Morgan fingerprint density at radius 1 is 1.00 bits per heavy atom. The molecule has 214 valence electrons. The number of nitrogens with one attached hydrogen (secondary N) is 2. The van der Waals surface area contributed by atoms with Crippen LogP contribution in [0.3, 0.4) is 0 Å². The van der Waals surface area contributed by atoms with Crippen LogP contribution in [0.15, 0.2) is 96.1 Å². The average Bonchev–Trinajstić information content (AvgIpc) is 3.66. The second kappa shape index (κ2) is 15.8. The van der Waals surface area contributed by atoms with Gasteiger partial charge in [-0.25, -0.2) is 13.9 Å². The SMILES string of the molecule is CC.CN[C@H]1CCN(c2ccc3ncc(C)n3n2)C1.Fc1ccccc1.O=Cc1cc(-c2ccccc2)c[nH]c1=O. The summed E-state index contributed by atoms with van der Waals surface area (Å²) in [6.45, 7) is 8.12. The molecular weight excluding hydrogens is 519 g/mol. The fourth-order valence-electron chi connectivity index (χ4n) is 4.15. The maximum Gasteiger partial charge on any atom is 0.258 e. The first-order valence-corrected chi connectivity index (χ1v) is 13.7. The van der Waals surface area contributed by atoms with Gasteiger partial charge in [0.25, 0.3) is 5.56 Å². The number of anilines is 1. The summed E-state index contributed by atoms with van der Waals surface area (Å²) in [5.74, 6) is 0.860. The molecule has 6 rings (SSSR count). The molecule has 3 aromatic heterocycles. The van der Waals surface area contributed by atoms with E-state index in [-0.39, 0.29) is 16.9 Å². The highest BCUT2D eigenvalue weighted by Gasteiger charge is 2.22. The van der Waals surface area contributed by atoms with Gasteiger partial charge in [-0.15, -0.1) is 5.10 Å². The number of imidazole rings is 1. The summed E-state index contributed by atoms with van der Waals surface area (Å²) >= 11 is 0. The molecule has 5 aromatic rings. The molecule has 0 aliphatic carbocycles. The van der Waals surface area contributed by atoms with Crippen molar-refractivity contribution in [2.45, 2.75) is 33.2 Å². The number of halogens is 1. The van der Waals surface area contributed by atoms with Crippen molar-refractivity contribution >= 4 is 17.8 Å². The molecule has 0 radical (unpaired) electrons. The first kappa shape index (κ1) is 30.9. The molecule has 1 atom stereocenters. The molecule has 1 saturated heterocycles. The van der Waals surface area contributed by atoms with Gasteiger partial charge in [0.1, 0.15) is 11.6 Å². The van der Waals surface area contributed by atoms with Gasteiger partial charge >= 0.3 is 0 Å². The topological polar surface area (TPSA) is 95.4 Å². The Balaban J connectivity index is 0.000000176. The Morgan fingerprint density at radius 3 is 2.27 bits per heavy atom. The number of aromatic nitrogens is 4. The summed E-state index contributed by atoms with van der Waals surface area (Å²) in [5, 5.41) is 7.96. The lowest BCUT2D eigenvalue weighted by molar-refractivity contribution is 0.112. The van der Waals surface area contributed by atoms with E-state index < -0.39 is 0 Å². The molecule has 2 N–H and O–H groups in total. The van der Waals surface area contributed by atoms with Crippen LogP contribution >= 0.6 is 0 Å². The molecule has 0 spiro atoms. The van der Waals surface area contributed by atoms with Crippen LogP contribution in [0.5, 0.6) is 0 Å². The molecule has 1 aliphatic rings.